The lowest BCUT2D eigenvalue weighted by molar-refractivity contribution is -0.142. The molecular formula is C12H17NO2S2. The van der Waals surface area contributed by atoms with Crippen LogP contribution in [0.25, 0.3) is 0 Å². The Bertz CT molecular complexity index is 392. The van der Waals surface area contributed by atoms with Gasteiger partial charge in [-0.1, -0.05) is 6.92 Å². The van der Waals surface area contributed by atoms with Crippen molar-refractivity contribution in [2.24, 2.45) is 0 Å². The molecule has 1 unspecified atom stereocenters. The minimum atomic E-state index is -0.690. The van der Waals surface area contributed by atoms with E-state index in [9.17, 15) is 9.90 Å². The van der Waals surface area contributed by atoms with Crippen molar-refractivity contribution in [1.29, 1.82) is 0 Å². The van der Waals surface area contributed by atoms with Crippen LogP contribution in [0.1, 0.15) is 16.7 Å². The van der Waals surface area contributed by atoms with Crippen LogP contribution in [0.3, 0.4) is 0 Å². The second-order valence-corrected chi connectivity index (χ2v) is 6.52. The van der Waals surface area contributed by atoms with Gasteiger partial charge in [0.2, 0.25) is 0 Å². The Morgan fingerprint density at radius 1 is 1.53 bits per heavy atom. The molecule has 5 heteroatoms. The van der Waals surface area contributed by atoms with Gasteiger partial charge >= 0.3 is 5.97 Å². The third-order valence-electron chi connectivity index (χ3n) is 2.95. The molecule has 1 atom stereocenters. The van der Waals surface area contributed by atoms with Gasteiger partial charge in [-0.3, -0.25) is 9.69 Å². The maximum atomic E-state index is 11.2. The van der Waals surface area contributed by atoms with E-state index in [0.29, 0.717) is 5.75 Å². The first-order chi connectivity index (χ1) is 8.20. The lowest BCUT2D eigenvalue weighted by Gasteiger charge is -2.32. The number of rotatable bonds is 4. The number of aryl methyl sites for hydroxylation is 1. The van der Waals surface area contributed by atoms with Crippen LogP contribution in [0.4, 0.5) is 0 Å². The maximum Gasteiger partial charge on any atom is 0.321 e. The van der Waals surface area contributed by atoms with Gasteiger partial charge in [-0.15, -0.1) is 11.3 Å². The highest BCUT2D eigenvalue weighted by Crippen LogP contribution is 2.23. The first-order valence-corrected chi connectivity index (χ1v) is 7.80. The van der Waals surface area contributed by atoms with Crippen molar-refractivity contribution >= 4 is 29.1 Å². The maximum absolute atomic E-state index is 11.2. The fraction of sp³-hybridized carbons (Fsp3) is 0.583. The van der Waals surface area contributed by atoms with E-state index in [-0.39, 0.29) is 6.04 Å². The lowest BCUT2D eigenvalue weighted by Crippen LogP contribution is -2.46. The summed E-state index contributed by atoms with van der Waals surface area (Å²) in [6, 6.07) is 3.96. The number of hydrogen-bond donors (Lipinski definition) is 1. The van der Waals surface area contributed by atoms with Gasteiger partial charge < -0.3 is 5.11 Å². The van der Waals surface area contributed by atoms with E-state index < -0.39 is 5.97 Å². The standard InChI is InChI=1S/C12H17NO2S2/c1-2-9-3-4-10(17-9)7-13-5-6-16-8-11(13)12(14)15/h3-4,11H,2,5-8H2,1H3,(H,14,15). The van der Waals surface area contributed by atoms with E-state index in [4.69, 9.17) is 0 Å². The first kappa shape index (κ1) is 12.9. The number of carboxylic acid groups (broad SMARTS) is 1. The number of hydrogen-bond acceptors (Lipinski definition) is 4. The van der Waals surface area contributed by atoms with Crippen molar-refractivity contribution in [1.82, 2.24) is 4.90 Å². The summed E-state index contributed by atoms with van der Waals surface area (Å²) in [6.07, 6.45) is 1.06. The Morgan fingerprint density at radius 3 is 2.94 bits per heavy atom. The summed E-state index contributed by atoms with van der Waals surface area (Å²) in [4.78, 5) is 15.9. The molecule has 0 radical (unpaired) electrons. The molecule has 3 nitrogen and oxygen atoms in total. The van der Waals surface area contributed by atoms with Crippen LogP contribution < -0.4 is 0 Å². The average molecular weight is 271 g/mol. The molecule has 1 aromatic heterocycles. The van der Waals surface area contributed by atoms with Gasteiger partial charge in [0.15, 0.2) is 0 Å². The first-order valence-electron chi connectivity index (χ1n) is 5.83. The van der Waals surface area contributed by atoms with Crippen LogP contribution in [0.2, 0.25) is 0 Å². The fourth-order valence-electron chi connectivity index (χ4n) is 1.95. The van der Waals surface area contributed by atoms with Crippen LogP contribution in [-0.2, 0) is 17.8 Å². The number of thioether (sulfide) groups is 1. The van der Waals surface area contributed by atoms with Crippen LogP contribution in [0, 0.1) is 0 Å². The van der Waals surface area contributed by atoms with Crippen molar-refractivity contribution in [3.63, 3.8) is 0 Å². The zero-order valence-corrected chi connectivity index (χ0v) is 11.5. The minimum Gasteiger partial charge on any atom is -0.480 e. The van der Waals surface area contributed by atoms with E-state index in [0.717, 1.165) is 25.3 Å². The Kier molecular flexibility index (Phi) is 4.48. The van der Waals surface area contributed by atoms with E-state index in [1.807, 2.05) is 0 Å². The summed E-state index contributed by atoms with van der Waals surface area (Å²) in [5, 5.41) is 9.19. The molecular weight excluding hydrogens is 254 g/mol. The predicted molar refractivity (Wildman–Crippen MR) is 72.9 cm³/mol. The molecule has 17 heavy (non-hydrogen) atoms. The summed E-state index contributed by atoms with van der Waals surface area (Å²) >= 11 is 3.54. The van der Waals surface area contributed by atoms with Crippen molar-refractivity contribution in [2.75, 3.05) is 18.1 Å². The summed E-state index contributed by atoms with van der Waals surface area (Å²) in [5.41, 5.74) is 0. The second kappa shape index (κ2) is 5.89. The van der Waals surface area contributed by atoms with E-state index in [1.165, 1.54) is 9.75 Å². The summed E-state index contributed by atoms with van der Waals surface area (Å²) in [6.45, 7) is 3.80. The van der Waals surface area contributed by atoms with Crippen molar-refractivity contribution in [3.05, 3.63) is 21.9 Å². The molecule has 0 amide bonds. The summed E-state index contributed by atoms with van der Waals surface area (Å²) in [5.74, 6) is 1.06. The number of thiophene rings is 1. The number of carboxylic acids is 1. The molecule has 1 saturated heterocycles. The normalized spacial score (nSPS) is 21.6. The predicted octanol–water partition coefficient (Wildman–Crippen LogP) is 2.31. The molecule has 0 aliphatic carbocycles. The zero-order chi connectivity index (χ0) is 12.3. The zero-order valence-electron chi connectivity index (χ0n) is 9.89. The van der Waals surface area contributed by atoms with Gasteiger partial charge in [0, 0.05) is 34.3 Å². The van der Waals surface area contributed by atoms with Gasteiger partial charge in [0.1, 0.15) is 6.04 Å². The molecule has 1 aromatic rings. The molecule has 0 spiro atoms. The monoisotopic (exact) mass is 271 g/mol. The van der Waals surface area contributed by atoms with Gasteiger partial charge in [0.05, 0.1) is 0 Å². The summed E-state index contributed by atoms with van der Waals surface area (Å²) < 4.78 is 0. The van der Waals surface area contributed by atoms with Crippen LogP contribution >= 0.6 is 23.1 Å². The van der Waals surface area contributed by atoms with E-state index in [2.05, 4.69) is 24.0 Å². The van der Waals surface area contributed by atoms with Gasteiger partial charge in [-0.25, -0.2) is 0 Å². The second-order valence-electron chi connectivity index (χ2n) is 4.12. The molecule has 2 rings (SSSR count). The van der Waals surface area contributed by atoms with Crippen LogP contribution in [0.5, 0.6) is 0 Å². The third kappa shape index (κ3) is 3.24. The molecule has 0 bridgehead atoms. The third-order valence-corrected chi connectivity index (χ3v) is 5.19. The highest BCUT2D eigenvalue weighted by atomic mass is 32.2. The topological polar surface area (TPSA) is 40.5 Å². The molecule has 1 aliphatic heterocycles. The Balaban J connectivity index is 2.02. The molecule has 2 heterocycles. The summed E-state index contributed by atoms with van der Waals surface area (Å²) in [7, 11) is 0. The van der Waals surface area contributed by atoms with E-state index in [1.54, 1.807) is 23.1 Å². The fourth-order valence-corrected chi connectivity index (χ4v) is 4.04. The van der Waals surface area contributed by atoms with Gasteiger partial charge in [0.25, 0.3) is 0 Å². The Hall–Kier alpha value is -0.520. The molecule has 0 aromatic carbocycles. The van der Waals surface area contributed by atoms with E-state index >= 15 is 0 Å². The average Bonchev–Trinajstić information content (AvgIpc) is 2.77. The number of aliphatic carboxylic acids is 1. The van der Waals surface area contributed by atoms with Gasteiger partial charge in [-0.05, 0) is 18.6 Å². The largest absolute Gasteiger partial charge is 0.480 e. The number of nitrogens with zero attached hydrogens (tertiary/aromatic N) is 1. The molecule has 1 fully saturated rings. The molecule has 94 valence electrons. The van der Waals surface area contributed by atoms with Crippen LogP contribution in [-0.4, -0.2) is 40.1 Å². The minimum absolute atomic E-state index is 0.319. The highest BCUT2D eigenvalue weighted by molar-refractivity contribution is 7.99. The Labute approximate surface area is 110 Å². The SMILES string of the molecule is CCc1ccc(CN2CCSCC2C(=O)O)s1. The molecule has 1 N–H and O–H groups in total. The smallest absolute Gasteiger partial charge is 0.321 e. The van der Waals surface area contributed by atoms with Crippen LogP contribution in [0.15, 0.2) is 12.1 Å². The Morgan fingerprint density at radius 2 is 2.29 bits per heavy atom. The molecule has 1 aliphatic rings. The quantitative estimate of drug-likeness (QED) is 0.912. The van der Waals surface area contributed by atoms with Crippen molar-refractivity contribution in [2.45, 2.75) is 25.9 Å². The lowest BCUT2D eigenvalue weighted by atomic mass is 10.2. The molecule has 0 saturated carbocycles. The van der Waals surface area contributed by atoms with Crippen molar-refractivity contribution < 1.29 is 9.90 Å². The number of carbonyl (C=O) groups is 1. The van der Waals surface area contributed by atoms with Gasteiger partial charge in [-0.2, -0.15) is 11.8 Å². The van der Waals surface area contributed by atoms with Crippen molar-refractivity contribution in [3.8, 4) is 0 Å². The highest BCUT2D eigenvalue weighted by Gasteiger charge is 2.28.